The van der Waals surface area contributed by atoms with E-state index in [4.69, 9.17) is 14.2 Å². The molecule has 0 amide bonds. The summed E-state index contributed by atoms with van der Waals surface area (Å²) >= 11 is 0. The molecular formula is C74H124O6. The Bertz CT molecular complexity index is 1650. The van der Waals surface area contributed by atoms with Crippen molar-refractivity contribution in [3.8, 4) is 0 Å². The molecule has 6 nitrogen and oxygen atoms in total. The summed E-state index contributed by atoms with van der Waals surface area (Å²) in [4.78, 5) is 38.4. The second kappa shape index (κ2) is 67.3. The Kier molecular flexibility index (Phi) is 63.8. The highest BCUT2D eigenvalue weighted by atomic mass is 16.6. The third kappa shape index (κ3) is 64.6. The molecule has 80 heavy (non-hydrogen) atoms. The molecular weight excluding hydrogens is 985 g/mol. The van der Waals surface area contributed by atoms with Crippen LogP contribution in [0.3, 0.4) is 0 Å². The molecule has 1 unspecified atom stereocenters. The summed E-state index contributed by atoms with van der Waals surface area (Å²) in [5, 5.41) is 0. The van der Waals surface area contributed by atoms with Crippen molar-refractivity contribution >= 4 is 17.9 Å². The van der Waals surface area contributed by atoms with E-state index in [2.05, 4.69) is 142 Å². The molecule has 0 aliphatic rings. The fraction of sp³-hybridized carbons (Fsp3) is 0.689. The lowest BCUT2D eigenvalue weighted by atomic mass is 10.0. The highest BCUT2D eigenvalue weighted by Gasteiger charge is 2.19. The maximum absolute atomic E-state index is 12.9. The Morgan fingerprint density at radius 3 is 0.787 bits per heavy atom. The summed E-state index contributed by atoms with van der Waals surface area (Å²) in [7, 11) is 0. The molecule has 0 aliphatic carbocycles. The van der Waals surface area contributed by atoms with Crippen molar-refractivity contribution in [1.82, 2.24) is 0 Å². The van der Waals surface area contributed by atoms with Crippen molar-refractivity contribution in [2.45, 2.75) is 316 Å². The van der Waals surface area contributed by atoms with Crippen LogP contribution in [0.1, 0.15) is 310 Å². The van der Waals surface area contributed by atoms with Crippen LogP contribution in [0.4, 0.5) is 0 Å². The van der Waals surface area contributed by atoms with E-state index in [0.29, 0.717) is 12.8 Å². The summed E-state index contributed by atoms with van der Waals surface area (Å²) in [6.45, 7) is 6.39. The molecule has 0 radical (unpaired) electrons. The topological polar surface area (TPSA) is 78.9 Å². The first-order chi connectivity index (χ1) is 39.5. The van der Waals surface area contributed by atoms with Crippen molar-refractivity contribution in [2.24, 2.45) is 0 Å². The first-order valence-electron chi connectivity index (χ1n) is 33.5. The van der Waals surface area contributed by atoms with E-state index in [1.807, 2.05) is 0 Å². The lowest BCUT2D eigenvalue weighted by Crippen LogP contribution is -2.30. The number of carbonyl (C=O) groups is 3. The summed E-state index contributed by atoms with van der Waals surface area (Å²) in [5.41, 5.74) is 0. The van der Waals surface area contributed by atoms with Gasteiger partial charge in [-0.3, -0.25) is 14.4 Å². The van der Waals surface area contributed by atoms with Crippen molar-refractivity contribution in [1.29, 1.82) is 0 Å². The first-order valence-corrected chi connectivity index (χ1v) is 33.5. The van der Waals surface area contributed by atoms with E-state index in [9.17, 15) is 14.4 Å². The van der Waals surface area contributed by atoms with Gasteiger partial charge in [0.2, 0.25) is 0 Å². The first kappa shape index (κ1) is 75.8. The van der Waals surface area contributed by atoms with Crippen LogP contribution in [0.5, 0.6) is 0 Å². The van der Waals surface area contributed by atoms with E-state index in [1.54, 1.807) is 0 Å². The summed E-state index contributed by atoms with van der Waals surface area (Å²) in [6, 6.07) is 0. The van der Waals surface area contributed by atoms with Gasteiger partial charge in [-0.15, -0.1) is 0 Å². The second-order valence-electron chi connectivity index (χ2n) is 22.0. The highest BCUT2D eigenvalue weighted by Crippen LogP contribution is 2.17. The molecule has 0 spiro atoms. The summed E-state index contributed by atoms with van der Waals surface area (Å²) in [5.74, 6) is -0.962. The van der Waals surface area contributed by atoms with Gasteiger partial charge in [-0.05, 0) is 109 Å². The fourth-order valence-electron chi connectivity index (χ4n) is 9.26. The van der Waals surface area contributed by atoms with Crippen LogP contribution in [0.15, 0.2) is 122 Å². The molecule has 0 aromatic carbocycles. The molecule has 6 heteroatoms. The maximum atomic E-state index is 12.9. The predicted molar refractivity (Wildman–Crippen MR) is 348 cm³/mol. The predicted octanol–water partition coefficient (Wildman–Crippen LogP) is 23.2. The monoisotopic (exact) mass is 1110 g/mol. The Morgan fingerprint density at radius 1 is 0.263 bits per heavy atom. The number of rotatable bonds is 60. The fourth-order valence-corrected chi connectivity index (χ4v) is 9.26. The van der Waals surface area contributed by atoms with Crippen LogP contribution >= 0.6 is 0 Å². The normalized spacial score (nSPS) is 12.9. The van der Waals surface area contributed by atoms with Gasteiger partial charge in [0.1, 0.15) is 13.2 Å². The minimum absolute atomic E-state index is 0.102. The number of hydrogen-bond donors (Lipinski definition) is 0. The van der Waals surface area contributed by atoms with Crippen molar-refractivity contribution in [3.63, 3.8) is 0 Å². The molecule has 0 fully saturated rings. The van der Waals surface area contributed by atoms with Crippen LogP contribution in [0.2, 0.25) is 0 Å². The summed E-state index contributed by atoms with van der Waals surface area (Å²) in [6.07, 6.45) is 93.6. The zero-order valence-corrected chi connectivity index (χ0v) is 52.3. The van der Waals surface area contributed by atoms with E-state index in [-0.39, 0.29) is 37.5 Å². The number of esters is 3. The number of allylic oxidation sites excluding steroid dienone is 20. The number of hydrogen-bond acceptors (Lipinski definition) is 6. The molecule has 0 rings (SSSR count). The van der Waals surface area contributed by atoms with Crippen molar-refractivity contribution in [2.75, 3.05) is 13.2 Å². The molecule has 0 aliphatic heterocycles. The van der Waals surface area contributed by atoms with Crippen LogP contribution in [0.25, 0.3) is 0 Å². The molecule has 0 saturated heterocycles. The van der Waals surface area contributed by atoms with Gasteiger partial charge < -0.3 is 14.2 Å². The molecule has 0 bridgehead atoms. The zero-order valence-electron chi connectivity index (χ0n) is 52.3. The molecule has 0 aromatic heterocycles. The smallest absolute Gasteiger partial charge is 0.306 e. The second-order valence-corrected chi connectivity index (χ2v) is 22.0. The van der Waals surface area contributed by atoms with E-state index in [0.717, 1.165) is 135 Å². The highest BCUT2D eigenvalue weighted by molar-refractivity contribution is 5.71. The van der Waals surface area contributed by atoms with Crippen LogP contribution < -0.4 is 0 Å². The largest absolute Gasteiger partial charge is 0.462 e. The lowest BCUT2D eigenvalue weighted by Gasteiger charge is -2.18. The minimum Gasteiger partial charge on any atom is -0.462 e. The van der Waals surface area contributed by atoms with Gasteiger partial charge in [-0.25, -0.2) is 0 Å². The SMILES string of the molecule is CC/C=C\C/C=C\C/C=C\C/C=C\C/C=C\C/C=C\CCCCCCC(=O)OC(COC(=O)CCCC/C=C\C/C=C\C/C=C\C/C=C\CC)COC(=O)CCCCCCCCCCCCCCCCCCCCCCCCCC. The van der Waals surface area contributed by atoms with Gasteiger partial charge >= 0.3 is 17.9 Å². The third-order valence-corrected chi connectivity index (χ3v) is 14.2. The minimum atomic E-state index is -0.813. The Hall–Kier alpha value is -4.19. The molecule has 0 heterocycles. The average Bonchev–Trinajstić information content (AvgIpc) is 3.46. The summed E-state index contributed by atoms with van der Waals surface area (Å²) < 4.78 is 16.9. The van der Waals surface area contributed by atoms with E-state index < -0.39 is 6.10 Å². The Balaban J connectivity index is 4.42. The zero-order chi connectivity index (χ0) is 57.8. The quantitative estimate of drug-likeness (QED) is 0.0261. The molecule has 0 N–H and O–H groups in total. The third-order valence-electron chi connectivity index (χ3n) is 14.2. The lowest BCUT2D eigenvalue weighted by molar-refractivity contribution is -0.167. The number of carbonyl (C=O) groups excluding carboxylic acids is 3. The number of ether oxygens (including phenoxy) is 3. The van der Waals surface area contributed by atoms with Gasteiger partial charge in [0.25, 0.3) is 0 Å². The average molecular weight is 1110 g/mol. The van der Waals surface area contributed by atoms with Gasteiger partial charge in [0, 0.05) is 19.3 Å². The van der Waals surface area contributed by atoms with E-state index in [1.165, 1.54) is 135 Å². The van der Waals surface area contributed by atoms with Gasteiger partial charge in [0.05, 0.1) is 0 Å². The van der Waals surface area contributed by atoms with Crippen molar-refractivity contribution in [3.05, 3.63) is 122 Å². The van der Waals surface area contributed by atoms with Crippen LogP contribution in [0, 0.1) is 0 Å². The molecule has 0 saturated carbocycles. The van der Waals surface area contributed by atoms with Crippen LogP contribution in [-0.2, 0) is 28.6 Å². The van der Waals surface area contributed by atoms with Crippen LogP contribution in [-0.4, -0.2) is 37.2 Å². The van der Waals surface area contributed by atoms with Crippen molar-refractivity contribution < 1.29 is 28.6 Å². The van der Waals surface area contributed by atoms with E-state index >= 15 is 0 Å². The molecule has 0 aromatic rings. The standard InChI is InChI=1S/C74H124O6/c1-4-7-10-13-16-19-22-25-28-30-32-34-36-38-39-41-43-46-49-52-55-58-61-64-67-73(76)79-70-71(69-78-72(75)66-63-60-57-54-51-48-45-27-24-21-18-15-12-9-6-3)80-74(77)68-65-62-59-56-53-50-47-44-42-40-37-35-33-31-29-26-23-20-17-14-11-8-5-2/h8-9,11-12,17-18,20-21,26-27,29,33,35,40,42,45,47,50-51,54,71H,4-7,10,13-16,19,22-25,28,30-32,34,36-39,41,43-44,46,48-49,52-53,55-70H2,1-3H3/b11-8-,12-9-,20-17-,21-18-,29-26-,35-33-,42-40-,45-27-,50-47-,54-51-. The molecule has 1 atom stereocenters. The Labute approximate surface area is 494 Å². The Morgan fingerprint density at radius 2 is 0.487 bits per heavy atom. The molecule has 456 valence electrons. The number of unbranched alkanes of at least 4 members (excludes halogenated alkanes) is 29. The van der Waals surface area contributed by atoms with Gasteiger partial charge in [-0.1, -0.05) is 303 Å². The van der Waals surface area contributed by atoms with Gasteiger partial charge in [-0.2, -0.15) is 0 Å². The van der Waals surface area contributed by atoms with Gasteiger partial charge in [0.15, 0.2) is 6.10 Å². The maximum Gasteiger partial charge on any atom is 0.306 e.